The number of nitrogens with zero attached hydrogens (tertiary/aromatic N) is 4. The fraction of sp³-hybridized carbons (Fsp3) is 0.462. The first kappa shape index (κ1) is 11.2. The minimum atomic E-state index is 0.526. The molecular formula is C13H17N5. The molecule has 18 heavy (non-hydrogen) atoms. The van der Waals surface area contributed by atoms with Gasteiger partial charge >= 0.3 is 0 Å². The largest absolute Gasteiger partial charge is 0.384 e. The smallest absolute Gasteiger partial charge is 0.134 e. The van der Waals surface area contributed by atoms with Gasteiger partial charge in [0.2, 0.25) is 0 Å². The Morgan fingerprint density at radius 2 is 2.22 bits per heavy atom. The maximum Gasteiger partial charge on any atom is 0.134 e. The zero-order valence-electron chi connectivity index (χ0n) is 10.5. The maximum absolute atomic E-state index is 5.85. The van der Waals surface area contributed by atoms with Gasteiger partial charge < -0.3 is 10.3 Å². The second-order valence-electron chi connectivity index (χ2n) is 4.72. The summed E-state index contributed by atoms with van der Waals surface area (Å²) in [6, 6.07) is 1.85. The van der Waals surface area contributed by atoms with Gasteiger partial charge in [0.15, 0.2) is 0 Å². The summed E-state index contributed by atoms with van der Waals surface area (Å²) in [4.78, 5) is 13.3. The average molecular weight is 243 g/mol. The molecule has 0 aliphatic heterocycles. The fourth-order valence-corrected chi connectivity index (χ4v) is 2.11. The molecule has 2 aromatic rings. The first-order valence-electron chi connectivity index (χ1n) is 6.39. The van der Waals surface area contributed by atoms with Crippen molar-refractivity contribution in [3.05, 3.63) is 35.8 Å². The van der Waals surface area contributed by atoms with E-state index in [0.29, 0.717) is 18.2 Å². The molecule has 94 valence electrons. The highest BCUT2D eigenvalue weighted by Gasteiger charge is 2.27. The van der Waals surface area contributed by atoms with E-state index in [2.05, 4.69) is 26.4 Å². The number of nitrogens with two attached hydrogens (primary N) is 1. The molecule has 0 unspecified atom stereocenters. The van der Waals surface area contributed by atoms with Gasteiger partial charge in [-0.25, -0.2) is 15.0 Å². The highest BCUT2D eigenvalue weighted by atomic mass is 15.1. The Kier molecular flexibility index (Phi) is 2.74. The summed E-state index contributed by atoms with van der Waals surface area (Å²) in [5, 5.41) is 0. The van der Waals surface area contributed by atoms with Crippen LogP contribution in [0.2, 0.25) is 0 Å². The molecule has 0 aromatic carbocycles. The molecule has 1 aliphatic carbocycles. The number of aromatic nitrogens is 4. The van der Waals surface area contributed by atoms with Crippen molar-refractivity contribution in [2.75, 3.05) is 5.73 Å². The molecule has 1 aliphatic rings. The summed E-state index contributed by atoms with van der Waals surface area (Å²) < 4.78 is 2.12. The van der Waals surface area contributed by atoms with Crippen LogP contribution < -0.4 is 5.73 Å². The van der Waals surface area contributed by atoms with Gasteiger partial charge in [-0.05, 0) is 19.8 Å². The van der Waals surface area contributed by atoms with Crippen molar-refractivity contribution in [2.24, 2.45) is 0 Å². The van der Waals surface area contributed by atoms with Crippen LogP contribution in [-0.4, -0.2) is 19.5 Å². The van der Waals surface area contributed by atoms with Crippen LogP contribution in [0.3, 0.4) is 0 Å². The SMILES string of the molecule is CCn1ccnc1Cc1cc(N)nc(C2CC2)n1. The van der Waals surface area contributed by atoms with Gasteiger partial charge in [-0.3, -0.25) is 0 Å². The minimum absolute atomic E-state index is 0.526. The Bertz CT molecular complexity index is 556. The molecule has 2 aromatic heterocycles. The minimum Gasteiger partial charge on any atom is -0.384 e. The normalized spacial score (nSPS) is 14.9. The lowest BCUT2D eigenvalue weighted by Gasteiger charge is -2.06. The van der Waals surface area contributed by atoms with Gasteiger partial charge in [-0.15, -0.1) is 0 Å². The molecule has 0 bridgehead atoms. The quantitative estimate of drug-likeness (QED) is 0.888. The van der Waals surface area contributed by atoms with E-state index in [4.69, 9.17) is 5.73 Å². The number of hydrogen-bond acceptors (Lipinski definition) is 4. The van der Waals surface area contributed by atoms with E-state index in [0.717, 1.165) is 23.9 Å². The number of hydrogen-bond donors (Lipinski definition) is 1. The number of aryl methyl sites for hydroxylation is 1. The van der Waals surface area contributed by atoms with Crippen LogP contribution in [0.15, 0.2) is 18.5 Å². The Labute approximate surface area is 106 Å². The fourth-order valence-electron chi connectivity index (χ4n) is 2.11. The summed E-state index contributed by atoms with van der Waals surface area (Å²) >= 11 is 0. The molecule has 3 rings (SSSR count). The molecule has 0 radical (unpaired) electrons. The Morgan fingerprint density at radius 3 is 2.94 bits per heavy atom. The van der Waals surface area contributed by atoms with Crippen molar-refractivity contribution >= 4 is 5.82 Å². The predicted molar refractivity (Wildman–Crippen MR) is 69.1 cm³/mol. The number of anilines is 1. The van der Waals surface area contributed by atoms with Gasteiger partial charge in [-0.1, -0.05) is 0 Å². The third kappa shape index (κ3) is 2.20. The summed E-state index contributed by atoms with van der Waals surface area (Å²) in [5.74, 6) is 3.02. The molecule has 1 saturated carbocycles. The number of rotatable bonds is 4. The monoisotopic (exact) mass is 243 g/mol. The second-order valence-corrected chi connectivity index (χ2v) is 4.72. The van der Waals surface area contributed by atoms with Crippen LogP contribution in [0, 0.1) is 0 Å². The molecular weight excluding hydrogens is 226 g/mol. The number of nitrogen functional groups attached to an aromatic ring is 1. The molecule has 1 fully saturated rings. The highest BCUT2D eigenvalue weighted by Crippen LogP contribution is 2.38. The first-order valence-corrected chi connectivity index (χ1v) is 6.39. The van der Waals surface area contributed by atoms with Crippen LogP contribution in [0.1, 0.15) is 43.0 Å². The average Bonchev–Trinajstić information content (AvgIpc) is 3.10. The molecule has 5 heteroatoms. The van der Waals surface area contributed by atoms with Crippen LogP contribution >= 0.6 is 0 Å². The van der Waals surface area contributed by atoms with Crippen molar-refractivity contribution in [1.29, 1.82) is 0 Å². The van der Waals surface area contributed by atoms with Crippen molar-refractivity contribution in [1.82, 2.24) is 19.5 Å². The topological polar surface area (TPSA) is 69.6 Å². The van der Waals surface area contributed by atoms with E-state index in [9.17, 15) is 0 Å². The van der Waals surface area contributed by atoms with E-state index >= 15 is 0 Å². The van der Waals surface area contributed by atoms with Crippen molar-refractivity contribution in [2.45, 2.75) is 38.6 Å². The lowest BCUT2D eigenvalue weighted by Crippen LogP contribution is -2.06. The van der Waals surface area contributed by atoms with Crippen LogP contribution in [0.4, 0.5) is 5.82 Å². The molecule has 0 saturated heterocycles. The van der Waals surface area contributed by atoms with E-state index < -0.39 is 0 Å². The van der Waals surface area contributed by atoms with Gasteiger partial charge in [-0.2, -0.15) is 0 Å². The van der Waals surface area contributed by atoms with Crippen molar-refractivity contribution in [3.63, 3.8) is 0 Å². The molecule has 5 nitrogen and oxygen atoms in total. The van der Waals surface area contributed by atoms with E-state index in [1.807, 2.05) is 18.5 Å². The van der Waals surface area contributed by atoms with Gasteiger partial charge in [0.1, 0.15) is 17.5 Å². The lowest BCUT2D eigenvalue weighted by atomic mass is 10.2. The van der Waals surface area contributed by atoms with Crippen LogP contribution in [-0.2, 0) is 13.0 Å². The summed E-state index contributed by atoms with van der Waals surface area (Å²) in [6.45, 7) is 3.03. The van der Waals surface area contributed by atoms with E-state index in [1.165, 1.54) is 12.8 Å². The van der Waals surface area contributed by atoms with E-state index in [1.54, 1.807) is 0 Å². The van der Waals surface area contributed by atoms with Crippen molar-refractivity contribution < 1.29 is 0 Å². The predicted octanol–water partition coefficient (Wildman–Crippen LogP) is 1.74. The molecule has 0 amide bonds. The van der Waals surface area contributed by atoms with Gasteiger partial charge in [0.05, 0.1) is 5.69 Å². The van der Waals surface area contributed by atoms with E-state index in [-0.39, 0.29) is 0 Å². The summed E-state index contributed by atoms with van der Waals surface area (Å²) in [6.07, 6.45) is 6.90. The van der Waals surface area contributed by atoms with Crippen LogP contribution in [0.5, 0.6) is 0 Å². The van der Waals surface area contributed by atoms with Gasteiger partial charge in [0.25, 0.3) is 0 Å². The molecule has 0 atom stereocenters. The second kappa shape index (κ2) is 4.40. The highest BCUT2D eigenvalue weighted by molar-refractivity contribution is 5.32. The zero-order valence-corrected chi connectivity index (χ0v) is 10.5. The maximum atomic E-state index is 5.85. The lowest BCUT2D eigenvalue weighted by molar-refractivity contribution is 0.706. The summed E-state index contributed by atoms with van der Waals surface area (Å²) in [7, 11) is 0. The molecule has 0 spiro atoms. The standard InChI is InChI=1S/C13H17N5/c1-2-18-6-5-15-12(18)8-10-7-11(14)17-13(16-10)9-3-4-9/h5-7,9H,2-4,8H2,1H3,(H2,14,16,17). The molecule has 2 heterocycles. The third-order valence-electron chi connectivity index (χ3n) is 3.24. The zero-order chi connectivity index (χ0) is 12.5. The Hall–Kier alpha value is -1.91. The first-order chi connectivity index (χ1) is 8.76. The third-order valence-corrected chi connectivity index (χ3v) is 3.24. The van der Waals surface area contributed by atoms with Gasteiger partial charge in [0, 0.05) is 37.3 Å². The molecule has 2 N–H and O–H groups in total. The van der Waals surface area contributed by atoms with Crippen LogP contribution in [0.25, 0.3) is 0 Å². The van der Waals surface area contributed by atoms with Crippen molar-refractivity contribution in [3.8, 4) is 0 Å². The Morgan fingerprint density at radius 1 is 1.39 bits per heavy atom. The number of imidazole rings is 1. The summed E-state index contributed by atoms with van der Waals surface area (Å²) in [5.41, 5.74) is 6.81. The Balaban J connectivity index is 1.87.